The molecule has 1 unspecified atom stereocenters. The third-order valence-corrected chi connectivity index (χ3v) is 6.78. The molecule has 6 heteroatoms. The molecule has 0 saturated carbocycles. The maximum absolute atomic E-state index is 13.6. The Morgan fingerprint density at radius 1 is 0.939 bits per heavy atom. The highest BCUT2D eigenvalue weighted by molar-refractivity contribution is 7.11. The monoisotopic (exact) mass is 462 g/mol. The van der Waals surface area contributed by atoms with E-state index < -0.39 is 0 Å². The van der Waals surface area contributed by atoms with Crippen LogP contribution in [0.3, 0.4) is 0 Å². The molecule has 1 aromatic heterocycles. The first-order valence-electron chi connectivity index (χ1n) is 11.4. The molecule has 1 fully saturated rings. The van der Waals surface area contributed by atoms with Gasteiger partial charge in [-0.2, -0.15) is 0 Å². The summed E-state index contributed by atoms with van der Waals surface area (Å²) in [5.41, 5.74) is 1.66. The van der Waals surface area contributed by atoms with Gasteiger partial charge in [0.05, 0.1) is 12.6 Å². The van der Waals surface area contributed by atoms with Crippen LogP contribution in [0.5, 0.6) is 0 Å². The Hall–Kier alpha value is -2.96. The van der Waals surface area contributed by atoms with Crippen molar-refractivity contribution in [2.75, 3.05) is 19.7 Å². The fraction of sp³-hybridized carbons (Fsp3) is 0.333. The lowest BCUT2D eigenvalue weighted by molar-refractivity contribution is -0.133. The van der Waals surface area contributed by atoms with Crippen molar-refractivity contribution in [1.29, 1.82) is 0 Å². The highest BCUT2D eigenvalue weighted by Crippen LogP contribution is 2.20. The summed E-state index contributed by atoms with van der Waals surface area (Å²) in [5, 5.41) is 0. The summed E-state index contributed by atoms with van der Waals surface area (Å²) in [5.74, 6) is -0.196. The third kappa shape index (κ3) is 6.53. The van der Waals surface area contributed by atoms with Gasteiger partial charge in [0.1, 0.15) is 6.54 Å². The van der Waals surface area contributed by atoms with Crippen LogP contribution in [0.1, 0.15) is 38.5 Å². The molecular weight excluding hydrogens is 432 g/mol. The first-order chi connectivity index (χ1) is 16.1. The minimum Gasteiger partial charge on any atom is -0.376 e. The van der Waals surface area contributed by atoms with Crippen LogP contribution in [0.25, 0.3) is 0 Å². The second kappa shape index (κ2) is 11.3. The van der Waals surface area contributed by atoms with Gasteiger partial charge in [0.15, 0.2) is 0 Å². The molecule has 1 aliphatic heterocycles. The van der Waals surface area contributed by atoms with Crippen LogP contribution in [0.15, 0.2) is 72.8 Å². The molecule has 1 saturated heterocycles. The van der Waals surface area contributed by atoms with Crippen LogP contribution in [-0.4, -0.2) is 47.4 Å². The van der Waals surface area contributed by atoms with Gasteiger partial charge in [-0.25, -0.2) is 0 Å². The molecule has 0 radical (unpaired) electrons. The molecule has 1 atom stereocenters. The smallest absolute Gasteiger partial charge is 0.254 e. The van der Waals surface area contributed by atoms with Crippen molar-refractivity contribution < 1.29 is 14.3 Å². The third-order valence-electron chi connectivity index (χ3n) is 5.79. The van der Waals surface area contributed by atoms with E-state index in [1.165, 1.54) is 4.88 Å². The number of ether oxygens (including phenoxy) is 1. The van der Waals surface area contributed by atoms with Crippen molar-refractivity contribution in [3.63, 3.8) is 0 Å². The lowest BCUT2D eigenvalue weighted by Gasteiger charge is -2.29. The van der Waals surface area contributed by atoms with Crippen LogP contribution < -0.4 is 0 Å². The second-order valence-electron chi connectivity index (χ2n) is 8.43. The van der Waals surface area contributed by atoms with E-state index in [-0.39, 0.29) is 24.5 Å². The molecule has 0 spiro atoms. The van der Waals surface area contributed by atoms with E-state index >= 15 is 0 Å². The number of amides is 2. The van der Waals surface area contributed by atoms with Crippen LogP contribution in [-0.2, 0) is 22.6 Å². The number of thiophene rings is 1. The maximum Gasteiger partial charge on any atom is 0.254 e. The number of aryl methyl sites for hydroxylation is 1. The van der Waals surface area contributed by atoms with E-state index in [1.54, 1.807) is 28.4 Å². The molecule has 5 nitrogen and oxygen atoms in total. The summed E-state index contributed by atoms with van der Waals surface area (Å²) in [6, 6.07) is 23.3. The maximum atomic E-state index is 13.6. The standard InChI is InChI=1S/C27H30N2O3S/c1-21-14-15-25(33-21)19-28(17-22-9-4-2-5-10-22)26(30)20-29(18-24-13-8-16-32-24)27(31)23-11-6-3-7-12-23/h2-7,9-12,14-15,24H,8,13,16-20H2,1H3. The van der Waals surface area contributed by atoms with E-state index in [0.717, 1.165) is 23.3 Å². The van der Waals surface area contributed by atoms with Crippen molar-refractivity contribution in [1.82, 2.24) is 9.80 Å². The average molecular weight is 463 g/mol. The van der Waals surface area contributed by atoms with Gasteiger partial charge >= 0.3 is 0 Å². The quantitative estimate of drug-likeness (QED) is 0.454. The van der Waals surface area contributed by atoms with Gasteiger partial charge in [0.25, 0.3) is 5.91 Å². The molecule has 2 aromatic carbocycles. The lowest BCUT2D eigenvalue weighted by atomic mass is 10.1. The number of carbonyl (C=O) groups excluding carboxylic acids is 2. The topological polar surface area (TPSA) is 49.9 Å². The molecule has 2 heterocycles. The fourth-order valence-corrected chi connectivity index (χ4v) is 4.98. The summed E-state index contributed by atoms with van der Waals surface area (Å²) in [6.07, 6.45) is 1.88. The summed E-state index contributed by atoms with van der Waals surface area (Å²) in [4.78, 5) is 32.7. The molecule has 0 aliphatic carbocycles. The number of rotatable bonds is 9. The summed E-state index contributed by atoms with van der Waals surface area (Å²) in [7, 11) is 0. The predicted octanol–water partition coefficient (Wildman–Crippen LogP) is 4.91. The molecular formula is C27H30N2O3S. The van der Waals surface area contributed by atoms with Crippen LogP contribution >= 0.6 is 11.3 Å². The summed E-state index contributed by atoms with van der Waals surface area (Å²) in [6.45, 7) is 4.27. The van der Waals surface area contributed by atoms with Gasteiger partial charge in [-0.3, -0.25) is 9.59 Å². The largest absolute Gasteiger partial charge is 0.376 e. The average Bonchev–Trinajstić information content (AvgIpc) is 3.50. The normalized spacial score (nSPS) is 15.4. The number of nitrogens with zero attached hydrogens (tertiary/aromatic N) is 2. The lowest BCUT2D eigenvalue weighted by Crippen LogP contribution is -2.45. The number of hydrogen-bond acceptors (Lipinski definition) is 4. The van der Waals surface area contributed by atoms with Gasteiger partial charge in [-0.05, 0) is 49.6 Å². The fourth-order valence-electron chi connectivity index (χ4n) is 4.07. The minimum absolute atomic E-state index is 0.0204. The Labute approximate surface area is 199 Å². The van der Waals surface area contributed by atoms with Crippen molar-refractivity contribution in [2.45, 2.75) is 39.0 Å². The molecule has 2 amide bonds. The first kappa shape index (κ1) is 23.2. The molecule has 1 aliphatic rings. The molecule has 4 rings (SSSR count). The van der Waals surface area contributed by atoms with E-state index in [0.29, 0.717) is 31.8 Å². The SMILES string of the molecule is Cc1ccc(CN(Cc2ccccc2)C(=O)CN(CC2CCCO2)C(=O)c2ccccc2)s1. The number of hydrogen-bond donors (Lipinski definition) is 0. The van der Waals surface area contributed by atoms with Crippen molar-refractivity contribution in [2.24, 2.45) is 0 Å². The van der Waals surface area contributed by atoms with E-state index in [9.17, 15) is 9.59 Å². The zero-order valence-electron chi connectivity index (χ0n) is 19.0. The Morgan fingerprint density at radius 2 is 1.67 bits per heavy atom. The molecule has 3 aromatic rings. The Morgan fingerprint density at radius 3 is 2.30 bits per heavy atom. The van der Waals surface area contributed by atoms with E-state index in [4.69, 9.17) is 4.74 Å². The predicted molar refractivity (Wildman–Crippen MR) is 131 cm³/mol. The van der Waals surface area contributed by atoms with Gasteiger partial charge in [0, 0.05) is 35.0 Å². The van der Waals surface area contributed by atoms with E-state index in [1.807, 2.05) is 53.4 Å². The molecule has 0 bridgehead atoms. The second-order valence-corrected chi connectivity index (χ2v) is 9.81. The zero-order valence-corrected chi connectivity index (χ0v) is 19.8. The highest BCUT2D eigenvalue weighted by Gasteiger charge is 2.27. The van der Waals surface area contributed by atoms with Crippen LogP contribution in [0, 0.1) is 6.92 Å². The molecule has 172 valence electrons. The van der Waals surface area contributed by atoms with Crippen molar-refractivity contribution in [3.05, 3.63) is 93.7 Å². The van der Waals surface area contributed by atoms with Gasteiger partial charge in [-0.15, -0.1) is 11.3 Å². The number of carbonyl (C=O) groups is 2. The zero-order chi connectivity index (χ0) is 23.0. The Balaban J connectivity index is 1.54. The molecule has 33 heavy (non-hydrogen) atoms. The summed E-state index contributed by atoms with van der Waals surface area (Å²) >= 11 is 1.70. The Kier molecular flexibility index (Phi) is 7.92. The van der Waals surface area contributed by atoms with Gasteiger partial charge in [0.2, 0.25) is 5.91 Å². The van der Waals surface area contributed by atoms with Crippen molar-refractivity contribution in [3.8, 4) is 0 Å². The van der Waals surface area contributed by atoms with Gasteiger partial charge in [-0.1, -0.05) is 48.5 Å². The number of benzene rings is 2. The van der Waals surface area contributed by atoms with Crippen molar-refractivity contribution >= 4 is 23.2 Å². The van der Waals surface area contributed by atoms with Crippen LogP contribution in [0.2, 0.25) is 0 Å². The van der Waals surface area contributed by atoms with Gasteiger partial charge < -0.3 is 14.5 Å². The Bertz CT molecular complexity index is 1050. The van der Waals surface area contributed by atoms with E-state index in [2.05, 4.69) is 19.1 Å². The summed E-state index contributed by atoms with van der Waals surface area (Å²) < 4.78 is 5.79. The first-order valence-corrected chi connectivity index (χ1v) is 12.2. The minimum atomic E-state index is -0.133. The van der Waals surface area contributed by atoms with Crippen LogP contribution in [0.4, 0.5) is 0 Å². The highest BCUT2D eigenvalue weighted by atomic mass is 32.1. The molecule has 0 N–H and O–H groups in total.